The van der Waals surface area contributed by atoms with Crippen molar-refractivity contribution in [2.75, 3.05) is 45.3 Å². The Morgan fingerprint density at radius 3 is 2.69 bits per heavy atom. The molecule has 4 heterocycles. The normalized spacial score (nSPS) is 17.9. The highest BCUT2D eigenvalue weighted by molar-refractivity contribution is 6.32. The number of aliphatic hydroxyl groups excluding tert-OH is 1. The van der Waals surface area contributed by atoms with E-state index in [-0.39, 0.29) is 12.1 Å². The molecule has 42 heavy (non-hydrogen) atoms. The fraction of sp³-hybridized carbons (Fsp3) is 0.438. The third-order valence-corrected chi connectivity index (χ3v) is 9.05. The summed E-state index contributed by atoms with van der Waals surface area (Å²) in [6.45, 7) is 6.24. The van der Waals surface area contributed by atoms with Gasteiger partial charge in [-0.1, -0.05) is 23.7 Å². The lowest BCUT2D eigenvalue weighted by Gasteiger charge is -2.39. The van der Waals surface area contributed by atoms with Crippen molar-refractivity contribution >= 4 is 28.3 Å². The van der Waals surface area contributed by atoms with Crippen molar-refractivity contribution in [3.8, 4) is 17.1 Å². The van der Waals surface area contributed by atoms with Crippen LogP contribution in [0.2, 0.25) is 5.02 Å². The number of H-pyrrole nitrogens is 2. The van der Waals surface area contributed by atoms with Crippen molar-refractivity contribution in [2.24, 2.45) is 0 Å². The van der Waals surface area contributed by atoms with Gasteiger partial charge in [-0.2, -0.15) is 0 Å². The molecule has 222 valence electrons. The van der Waals surface area contributed by atoms with Crippen molar-refractivity contribution in [1.82, 2.24) is 19.9 Å². The predicted octanol–water partition coefficient (Wildman–Crippen LogP) is 5.39. The molecule has 4 N–H and O–H groups in total. The van der Waals surface area contributed by atoms with E-state index >= 15 is 0 Å². The number of ether oxygens (including phenoxy) is 2. The fourth-order valence-electron chi connectivity index (χ4n) is 6.40. The van der Waals surface area contributed by atoms with Gasteiger partial charge in [-0.05, 0) is 92.6 Å². The van der Waals surface area contributed by atoms with Crippen molar-refractivity contribution in [3.63, 3.8) is 0 Å². The standard InChI is InChI=1S/C32H38ClN5O4/c1-19-15-22(20-6-11-38(12-7-20)23-8-13-42-14-9-23)17-26-30(19)37-31(36-26)29-25(5-10-34-32(29)40)35-18-27(39)21-3-4-28(41-2)24(33)16-21/h3-5,10,15-17,20,23,27,39H,6-9,11-14,18H2,1-2H3,(H,36,37)(H2,34,35,40)/t27-/m1/s1. The van der Waals surface area contributed by atoms with Crippen LogP contribution < -0.4 is 15.6 Å². The molecule has 2 aliphatic heterocycles. The van der Waals surface area contributed by atoms with Crippen LogP contribution in [0.1, 0.15) is 54.4 Å². The number of nitrogens with zero attached hydrogens (tertiary/aromatic N) is 2. The van der Waals surface area contributed by atoms with E-state index in [0.29, 0.717) is 45.4 Å². The van der Waals surface area contributed by atoms with E-state index in [1.165, 1.54) is 5.56 Å². The number of fused-ring (bicyclic) bond motifs is 1. The maximum atomic E-state index is 13.0. The molecule has 2 aliphatic rings. The van der Waals surface area contributed by atoms with Crippen LogP contribution in [0.15, 0.2) is 47.4 Å². The summed E-state index contributed by atoms with van der Waals surface area (Å²) in [5.74, 6) is 1.54. The molecule has 1 atom stereocenters. The Labute approximate surface area is 250 Å². The number of anilines is 1. The molecular weight excluding hydrogens is 554 g/mol. The van der Waals surface area contributed by atoms with Crippen molar-refractivity contribution in [2.45, 2.75) is 50.7 Å². The first-order chi connectivity index (χ1) is 20.4. The number of hydrogen-bond donors (Lipinski definition) is 4. The number of benzene rings is 2. The van der Waals surface area contributed by atoms with E-state index in [4.69, 9.17) is 26.1 Å². The van der Waals surface area contributed by atoms with Gasteiger partial charge in [-0.15, -0.1) is 0 Å². The maximum absolute atomic E-state index is 13.0. The SMILES string of the molecule is COc1ccc([C@H](O)CNc2cc[nH]c(=O)c2-c2nc3c(C)cc(C4CCN(C5CCOCC5)CC4)cc3[nH]2)cc1Cl. The van der Waals surface area contributed by atoms with Gasteiger partial charge in [0.2, 0.25) is 0 Å². The lowest BCUT2D eigenvalue weighted by Crippen LogP contribution is -2.43. The lowest BCUT2D eigenvalue weighted by molar-refractivity contribution is 0.0252. The van der Waals surface area contributed by atoms with Crippen molar-refractivity contribution in [3.05, 3.63) is 74.7 Å². The van der Waals surface area contributed by atoms with Gasteiger partial charge in [0.05, 0.1) is 35.0 Å². The molecule has 9 nitrogen and oxygen atoms in total. The van der Waals surface area contributed by atoms with Gasteiger partial charge in [0.25, 0.3) is 5.56 Å². The molecule has 0 amide bonds. The quantitative estimate of drug-likeness (QED) is 0.217. The third kappa shape index (κ3) is 5.92. The van der Waals surface area contributed by atoms with Crippen LogP contribution in [0, 0.1) is 6.92 Å². The number of likely N-dealkylation sites (tertiary alicyclic amines) is 1. The van der Waals surface area contributed by atoms with Crippen molar-refractivity contribution in [1.29, 1.82) is 0 Å². The van der Waals surface area contributed by atoms with E-state index in [9.17, 15) is 9.90 Å². The number of aromatic amines is 2. The summed E-state index contributed by atoms with van der Waals surface area (Å²) in [5.41, 5.74) is 5.55. The number of nitrogens with one attached hydrogen (secondary N) is 3. The number of imidazole rings is 1. The second-order valence-electron chi connectivity index (χ2n) is 11.4. The van der Waals surface area contributed by atoms with Gasteiger partial charge in [0.15, 0.2) is 0 Å². The highest BCUT2D eigenvalue weighted by Gasteiger charge is 2.28. The Morgan fingerprint density at radius 2 is 1.95 bits per heavy atom. The zero-order valence-electron chi connectivity index (χ0n) is 24.1. The Hall–Kier alpha value is -3.37. The number of halogens is 1. The third-order valence-electron chi connectivity index (χ3n) is 8.75. The highest BCUT2D eigenvalue weighted by Crippen LogP contribution is 2.34. The van der Waals surface area contributed by atoms with E-state index in [2.05, 4.69) is 39.2 Å². The average Bonchev–Trinajstić information content (AvgIpc) is 3.44. The largest absolute Gasteiger partial charge is 0.495 e. The van der Waals surface area contributed by atoms with Crippen LogP contribution in [0.3, 0.4) is 0 Å². The summed E-state index contributed by atoms with van der Waals surface area (Å²) >= 11 is 6.25. The summed E-state index contributed by atoms with van der Waals surface area (Å²) in [6.07, 6.45) is 5.28. The second kappa shape index (κ2) is 12.5. The number of methoxy groups -OCH3 is 1. The molecular formula is C32H38ClN5O4. The molecule has 4 aromatic rings. The molecule has 0 unspecified atom stereocenters. The second-order valence-corrected chi connectivity index (χ2v) is 11.8. The Kier molecular flexibility index (Phi) is 8.53. The number of aromatic nitrogens is 3. The topological polar surface area (TPSA) is 116 Å². The molecule has 2 aromatic carbocycles. The molecule has 10 heteroatoms. The molecule has 0 bridgehead atoms. The summed E-state index contributed by atoms with van der Waals surface area (Å²) in [4.78, 5) is 26.7. The zero-order chi connectivity index (χ0) is 29.2. The lowest BCUT2D eigenvalue weighted by atomic mass is 9.87. The van der Waals surface area contributed by atoms with Gasteiger partial charge in [-0.25, -0.2) is 4.98 Å². The van der Waals surface area contributed by atoms with Crippen LogP contribution in [0.4, 0.5) is 5.69 Å². The highest BCUT2D eigenvalue weighted by atomic mass is 35.5. The average molecular weight is 592 g/mol. The first-order valence-electron chi connectivity index (χ1n) is 14.7. The summed E-state index contributed by atoms with van der Waals surface area (Å²) in [5, 5.41) is 14.5. The van der Waals surface area contributed by atoms with E-state index in [1.807, 2.05) is 0 Å². The molecule has 0 saturated carbocycles. The first kappa shape index (κ1) is 28.7. The molecule has 2 saturated heterocycles. The molecule has 2 fully saturated rings. The Balaban J connectivity index is 1.20. The number of rotatable bonds is 8. The summed E-state index contributed by atoms with van der Waals surface area (Å²) in [6, 6.07) is 12.1. The van der Waals surface area contributed by atoms with E-state index < -0.39 is 6.10 Å². The minimum absolute atomic E-state index is 0.176. The Bertz CT molecular complexity index is 1600. The number of aryl methyl sites for hydroxylation is 1. The van der Waals surface area contributed by atoms with Gasteiger partial charge < -0.3 is 34.8 Å². The van der Waals surface area contributed by atoms with Crippen LogP contribution in [-0.4, -0.2) is 71.0 Å². The van der Waals surface area contributed by atoms with Crippen LogP contribution >= 0.6 is 11.6 Å². The van der Waals surface area contributed by atoms with Crippen molar-refractivity contribution < 1.29 is 14.6 Å². The zero-order valence-corrected chi connectivity index (χ0v) is 24.8. The number of pyridine rings is 1. The van der Waals surface area contributed by atoms with E-state index in [1.54, 1.807) is 37.6 Å². The minimum Gasteiger partial charge on any atom is -0.495 e. The molecule has 2 aromatic heterocycles. The summed E-state index contributed by atoms with van der Waals surface area (Å²) < 4.78 is 10.8. The van der Waals surface area contributed by atoms with Gasteiger partial charge >= 0.3 is 0 Å². The van der Waals surface area contributed by atoms with E-state index in [0.717, 1.165) is 68.6 Å². The first-order valence-corrected chi connectivity index (χ1v) is 15.1. The van der Waals surface area contributed by atoms with Gasteiger partial charge in [-0.3, -0.25) is 4.79 Å². The number of hydrogen-bond acceptors (Lipinski definition) is 7. The molecule has 0 aliphatic carbocycles. The number of piperidine rings is 1. The fourth-order valence-corrected chi connectivity index (χ4v) is 6.66. The Morgan fingerprint density at radius 1 is 1.17 bits per heavy atom. The molecule has 0 radical (unpaired) electrons. The minimum atomic E-state index is -0.848. The van der Waals surface area contributed by atoms with Gasteiger partial charge in [0.1, 0.15) is 17.1 Å². The smallest absolute Gasteiger partial charge is 0.261 e. The summed E-state index contributed by atoms with van der Waals surface area (Å²) in [7, 11) is 1.55. The maximum Gasteiger partial charge on any atom is 0.261 e. The molecule has 6 rings (SSSR count). The van der Waals surface area contributed by atoms with Crippen LogP contribution in [0.5, 0.6) is 5.75 Å². The van der Waals surface area contributed by atoms with Crippen LogP contribution in [-0.2, 0) is 4.74 Å². The van der Waals surface area contributed by atoms with Crippen LogP contribution in [0.25, 0.3) is 22.4 Å². The van der Waals surface area contributed by atoms with Gasteiger partial charge in [0, 0.05) is 32.0 Å². The monoisotopic (exact) mass is 591 g/mol. The molecule has 0 spiro atoms. The number of aliphatic hydroxyl groups is 1. The predicted molar refractivity (Wildman–Crippen MR) is 166 cm³/mol.